The fourth-order valence-corrected chi connectivity index (χ4v) is 3.42. The van der Waals surface area contributed by atoms with E-state index in [-0.39, 0.29) is 36.3 Å². The van der Waals surface area contributed by atoms with E-state index in [1.165, 1.54) is 4.90 Å². The van der Waals surface area contributed by atoms with Gasteiger partial charge in [-0.05, 0) is 37.5 Å². The van der Waals surface area contributed by atoms with Crippen LogP contribution in [-0.2, 0) is 14.8 Å². The fraction of sp³-hybridized carbons (Fsp3) is 0.533. The Labute approximate surface area is 155 Å². The Morgan fingerprint density at radius 1 is 1.33 bits per heavy atom. The smallest absolute Gasteiger partial charge is 0.240 e. The number of hydrogen-bond acceptors (Lipinski definition) is 5. The molecule has 0 aliphatic carbocycles. The Morgan fingerprint density at radius 3 is 2.46 bits per heavy atom. The number of aryl methyl sites for hydroxylation is 1. The van der Waals surface area contributed by atoms with Crippen LogP contribution in [0, 0.1) is 6.92 Å². The number of benzene rings is 1. The van der Waals surface area contributed by atoms with E-state index in [2.05, 4.69) is 4.72 Å². The molecule has 6 nitrogen and oxygen atoms in total. The predicted octanol–water partition coefficient (Wildman–Crippen LogP) is 1.23. The van der Waals surface area contributed by atoms with Gasteiger partial charge in [0.2, 0.25) is 15.9 Å². The second-order valence-electron chi connectivity index (χ2n) is 5.36. The Morgan fingerprint density at radius 2 is 1.92 bits per heavy atom. The van der Waals surface area contributed by atoms with Gasteiger partial charge in [-0.3, -0.25) is 4.79 Å². The van der Waals surface area contributed by atoms with Crippen molar-refractivity contribution in [3.63, 3.8) is 0 Å². The molecule has 24 heavy (non-hydrogen) atoms. The Balaban J connectivity index is 0.00000529. The molecule has 1 rings (SSSR count). The maximum absolute atomic E-state index is 12.1. The van der Waals surface area contributed by atoms with Crippen molar-refractivity contribution in [3.05, 3.63) is 29.8 Å². The van der Waals surface area contributed by atoms with E-state index in [1.807, 2.05) is 13.2 Å². The zero-order valence-electron chi connectivity index (χ0n) is 14.2. The summed E-state index contributed by atoms with van der Waals surface area (Å²) >= 11 is 1.64. The van der Waals surface area contributed by atoms with Crippen LogP contribution in [0.1, 0.15) is 12.0 Å². The number of carbonyl (C=O) groups excluding carboxylic acids is 1. The molecule has 3 N–H and O–H groups in total. The van der Waals surface area contributed by atoms with Gasteiger partial charge in [-0.2, -0.15) is 11.8 Å². The molecule has 0 radical (unpaired) electrons. The summed E-state index contributed by atoms with van der Waals surface area (Å²) in [6, 6.07) is 6.07. The highest BCUT2D eigenvalue weighted by Gasteiger charge is 2.18. The molecule has 0 fully saturated rings. The highest BCUT2D eigenvalue weighted by molar-refractivity contribution is 7.98. The number of carbonyl (C=O) groups is 1. The molecule has 9 heteroatoms. The first-order chi connectivity index (χ1) is 10.8. The third-order valence-electron chi connectivity index (χ3n) is 3.40. The number of hydrogen-bond donors (Lipinski definition) is 2. The Bertz CT molecular complexity index is 609. The van der Waals surface area contributed by atoms with Crippen LogP contribution < -0.4 is 10.5 Å². The number of likely N-dealkylation sites (N-methyl/N-ethyl adjacent to an activating group) is 1. The summed E-state index contributed by atoms with van der Waals surface area (Å²) in [4.78, 5) is 13.7. The standard InChI is InChI=1S/C15H25N3O3S2.ClH/c1-12-4-6-13(7-5-12)23(20,21)17-9-10-18(2)15(19)14(16)8-11-22-3;/h4-7,14,17H,8-11,16H2,1-3H3;1H/t14-;/m0./s1. The molecule has 0 bridgehead atoms. The maximum Gasteiger partial charge on any atom is 0.240 e. The largest absolute Gasteiger partial charge is 0.343 e. The summed E-state index contributed by atoms with van der Waals surface area (Å²) < 4.78 is 26.8. The molecule has 0 saturated carbocycles. The lowest BCUT2D eigenvalue weighted by molar-refractivity contribution is -0.131. The number of nitrogens with one attached hydrogen (secondary N) is 1. The topological polar surface area (TPSA) is 92.5 Å². The van der Waals surface area contributed by atoms with Crippen LogP contribution in [0.4, 0.5) is 0 Å². The van der Waals surface area contributed by atoms with E-state index in [4.69, 9.17) is 5.73 Å². The summed E-state index contributed by atoms with van der Waals surface area (Å²) in [6.07, 6.45) is 2.57. The molecular formula is C15H26ClN3O3S2. The quantitative estimate of drug-likeness (QED) is 0.656. The third kappa shape index (κ3) is 7.40. The van der Waals surface area contributed by atoms with Gasteiger partial charge < -0.3 is 10.6 Å². The van der Waals surface area contributed by atoms with Crippen LogP contribution >= 0.6 is 24.2 Å². The first-order valence-corrected chi connectivity index (χ1v) is 10.2. The summed E-state index contributed by atoms with van der Waals surface area (Å²) in [5, 5.41) is 0. The van der Waals surface area contributed by atoms with Gasteiger partial charge in [0.1, 0.15) is 0 Å². The van der Waals surface area contributed by atoms with Crippen molar-refractivity contribution >= 4 is 40.1 Å². The molecular weight excluding hydrogens is 370 g/mol. The van der Waals surface area contributed by atoms with E-state index in [1.54, 1.807) is 43.1 Å². The minimum Gasteiger partial charge on any atom is -0.343 e. The molecule has 0 aromatic heterocycles. The summed E-state index contributed by atoms with van der Waals surface area (Å²) in [5.41, 5.74) is 6.82. The van der Waals surface area contributed by atoms with Gasteiger partial charge in [0.25, 0.3) is 0 Å². The molecule has 0 aliphatic rings. The van der Waals surface area contributed by atoms with Crippen LogP contribution in [0.5, 0.6) is 0 Å². The number of thioether (sulfide) groups is 1. The van der Waals surface area contributed by atoms with Gasteiger partial charge in [0.05, 0.1) is 10.9 Å². The normalized spacial score (nSPS) is 12.3. The van der Waals surface area contributed by atoms with Gasteiger partial charge in [0, 0.05) is 20.1 Å². The third-order valence-corrected chi connectivity index (χ3v) is 5.52. The average molecular weight is 396 g/mol. The highest BCUT2D eigenvalue weighted by Crippen LogP contribution is 2.09. The van der Waals surface area contributed by atoms with Crippen molar-refractivity contribution in [2.24, 2.45) is 5.73 Å². The maximum atomic E-state index is 12.1. The van der Waals surface area contributed by atoms with E-state index in [0.29, 0.717) is 6.42 Å². The van der Waals surface area contributed by atoms with Gasteiger partial charge in [-0.1, -0.05) is 17.7 Å². The lowest BCUT2D eigenvalue weighted by atomic mass is 10.2. The molecule has 0 saturated heterocycles. The van der Waals surface area contributed by atoms with Crippen molar-refractivity contribution in [1.82, 2.24) is 9.62 Å². The molecule has 1 aromatic rings. The van der Waals surface area contributed by atoms with Crippen LogP contribution in [0.3, 0.4) is 0 Å². The number of nitrogens with zero attached hydrogens (tertiary/aromatic N) is 1. The van der Waals surface area contributed by atoms with Crippen molar-refractivity contribution in [2.75, 3.05) is 32.1 Å². The number of amides is 1. The number of sulfonamides is 1. The molecule has 1 amide bonds. The molecule has 1 atom stereocenters. The van der Waals surface area contributed by atoms with E-state index >= 15 is 0 Å². The van der Waals surface area contributed by atoms with Crippen LogP contribution in [0.25, 0.3) is 0 Å². The van der Waals surface area contributed by atoms with Crippen LogP contribution in [0.15, 0.2) is 29.2 Å². The Kier molecular flexibility index (Phi) is 10.6. The highest BCUT2D eigenvalue weighted by atomic mass is 35.5. The van der Waals surface area contributed by atoms with Crippen molar-refractivity contribution in [1.29, 1.82) is 0 Å². The summed E-state index contributed by atoms with van der Waals surface area (Å²) in [6.45, 7) is 2.31. The van der Waals surface area contributed by atoms with Gasteiger partial charge in [-0.15, -0.1) is 12.4 Å². The van der Waals surface area contributed by atoms with Crippen LogP contribution in [-0.4, -0.2) is 57.4 Å². The van der Waals surface area contributed by atoms with E-state index in [9.17, 15) is 13.2 Å². The van der Waals surface area contributed by atoms with Crippen molar-refractivity contribution in [2.45, 2.75) is 24.3 Å². The van der Waals surface area contributed by atoms with Gasteiger partial charge in [0.15, 0.2) is 0 Å². The zero-order chi connectivity index (χ0) is 17.5. The Hall–Kier alpha value is -0.800. The lowest BCUT2D eigenvalue weighted by Gasteiger charge is -2.21. The second-order valence-corrected chi connectivity index (χ2v) is 8.11. The summed E-state index contributed by atoms with van der Waals surface area (Å²) in [7, 11) is -1.93. The number of nitrogens with two attached hydrogens (primary N) is 1. The zero-order valence-corrected chi connectivity index (χ0v) is 16.6. The van der Waals surface area contributed by atoms with Crippen LogP contribution in [0.2, 0.25) is 0 Å². The SMILES string of the molecule is CSCC[C@H](N)C(=O)N(C)CCNS(=O)(=O)c1ccc(C)cc1.Cl. The lowest BCUT2D eigenvalue weighted by Crippen LogP contribution is -2.44. The molecule has 0 spiro atoms. The molecule has 0 unspecified atom stereocenters. The van der Waals surface area contributed by atoms with Crippen molar-refractivity contribution in [3.8, 4) is 0 Å². The molecule has 138 valence electrons. The minimum atomic E-state index is -3.56. The van der Waals surface area contributed by atoms with Gasteiger partial charge >= 0.3 is 0 Å². The average Bonchev–Trinajstić information content (AvgIpc) is 2.51. The second kappa shape index (κ2) is 10.9. The minimum absolute atomic E-state index is 0. The monoisotopic (exact) mass is 395 g/mol. The van der Waals surface area contributed by atoms with Gasteiger partial charge in [-0.25, -0.2) is 13.1 Å². The molecule has 0 heterocycles. The summed E-state index contributed by atoms with van der Waals surface area (Å²) in [5.74, 6) is 0.648. The fourth-order valence-electron chi connectivity index (χ4n) is 1.91. The first-order valence-electron chi connectivity index (χ1n) is 7.33. The number of halogens is 1. The first kappa shape index (κ1) is 23.2. The number of rotatable bonds is 9. The van der Waals surface area contributed by atoms with E-state index < -0.39 is 16.1 Å². The predicted molar refractivity (Wildman–Crippen MR) is 102 cm³/mol. The van der Waals surface area contributed by atoms with Crippen molar-refractivity contribution < 1.29 is 13.2 Å². The molecule has 1 aromatic carbocycles. The molecule has 0 aliphatic heterocycles. The van der Waals surface area contributed by atoms with E-state index in [0.717, 1.165) is 11.3 Å².